The van der Waals surface area contributed by atoms with E-state index >= 15 is 0 Å². The van der Waals surface area contributed by atoms with Crippen molar-refractivity contribution in [3.63, 3.8) is 0 Å². The Labute approximate surface area is 159 Å². The highest BCUT2D eigenvalue weighted by molar-refractivity contribution is 14.0. The molecule has 1 heterocycles. The molecule has 22 heavy (non-hydrogen) atoms. The highest BCUT2D eigenvalue weighted by Gasteiger charge is 2.16. The van der Waals surface area contributed by atoms with Crippen molar-refractivity contribution in [2.75, 3.05) is 38.3 Å². The Morgan fingerprint density at radius 2 is 2.09 bits per heavy atom. The van der Waals surface area contributed by atoms with Gasteiger partial charge in [0.1, 0.15) is 0 Å². The maximum atomic E-state index is 4.60. The van der Waals surface area contributed by atoms with E-state index in [2.05, 4.69) is 53.0 Å². The van der Waals surface area contributed by atoms with Gasteiger partial charge in [0, 0.05) is 37.3 Å². The smallest absolute Gasteiger partial charge is 0.191 e. The van der Waals surface area contributed by atoms with Gasteiger partial charge in [-0.15, -0.1) is 35.3 Å². The summed E-state index contributed by atoms with van der Waals surface area (Å²) < 4.78 is 0.189. The van der Waals surface area contributed by atoms with E-state index in [1.807, 2.05) is 30.8 Å². The average molecular weight is 457 g/mol. The number of halogens is 1. The number of nitrogens with zero attached hydrogens (tertiary/aromatic N) is 3. The molecule has 0 unspecified atom stereocenters. The van der Waals surface area contributed by atoms with Crippen LogP contribution in [0.4, 0.5) is 5.13 Å². The molecule has 2 N–H and O–H groups in total. The summed E-state index contributed by atoms with van der Waals surface area (Å²) in [5.41, 5.74) is 1.00. The SMILES string of the molecule is CCNC(=NCc1csc(N(C)C)n1)NCC(C)(C)SC.I. The molecule has 1 aromatic heterocycles. The number of guanidine groups is 1. The van der Waals surface area contributed by atoms with E-state index < -0.39 is 0 Å². The lowest BCUT2D eigenvalue weighted by molar-refractivity contribution is 0.664. The largest absolute Gasteiger partial charge is 0.357 e. The minimum atomic E-state index is 0. The van der Waals surface area contributed by atoms with Gasteiger partial charge in [-0.25, -0.2) is 9.98 Å². The molecule has 0 saturated heterocycles. The molecule has 128 valence electrons. The van der Waals surface area contributed by atoms with Crippen molar-refractivity contribution >= 4 is 58.2 Å². The number of aromatic nitrogens is 1. The molecule has 0 amide bonds. The van der Waals surface area contributed by atoms with Gasteiger partial charge >= 0.3 is 0 Å². The predicted octanol–water partition coefficient (Wildman–Crippen LogP) is 3.02. The zero-order valence-corrected chi connectivity index (χ0v) is 18.2. The standard InChI is InChI=1S/C14H27N5S2.HI/c1-7-15-12(17-10-14(2,3)20-6)16-8-11-9-21-13(18-11)19(4)5;/h9H,7-8,10H2,1-6H3,(H2,15,16,17);1H. The number of anilines is 1. The molecule has 0 fully saturated rings. The van der Waals surface area contributed by atoms with Gasteiger partial charge in [0.2, 0.25) is 0 Å². The number of hydrogen-bond acceptors (Lipinski definition) is 5. The van der Waals surface area contributed by atoms with E-state index in [4.69, 9.17) is 0 Å². The minimum absolute atomic E-state index is 0. The van der Waals surface area contributed by atoms with Crippen LogP contribution in [0.3, 0.4) is 0 Å². The van der Waals surface area contributed by atoms with Crippen LogP contribution < -0.4 is 15.5 Å². The fourth-order valence-corrected chi connectivity index (χ4v) is 2.41. The third-order valence-corrected chi connectivity index (χ3v) is 5.21. The topological polar surface area (TPSA) is 52.6 Å². The molecule has 0 aliphatic rings. The van der Waals surface area contributed by atoms with Gasteiger partial charge in [-0.1, -0.05) is 0 Å². The molecule has 0 saturated carbocycles. The molecule has 0 aliphatic carbocycles. The van der Waals surface area contributed by atoms with Crippen molar-refractivity contribution in [2.45, 2.75) is 32.1 Å². The third-order valence-electron chi connectivity index (χ3n) is 2.90. The van der Waals surface area contributed by atoms with Crippen molar-refractivity contribution in [3.8, 4) is 0 Å². The maximum Gasteiger partial charge on any atom is 0.191 e. The van der Waals surface area contributed by atoms with E-state index in [0.717, 1.165) is 29.9 Å². The molecule has 1 rings (SSSR count). The lowest BCUT2D eigenvalue weighted by Gasteiger charge is -2.23. The van der Waals surface area contributed by atoms with Gasteiger partial charge in [0.15, 0.2) is 11.1 Å². The number of hydrogen-bond donors (Lipinski definition) is 2. The second-order valence-corrected chi connectivity index (χ2v) is 7.88. The zero-order chi connectivity index (χ0) is 15.9. The molecular formula is C14H28IN5S2. The molecule has 0 bridgehead atoms. The Morgan fingerprint density at radius 3 is 2.59 bits per heavy atom. The molecule has 0 radical (unpaired) electrons. The van der Waals surface area contributed by atoms with Crippen LogP contribution >= 0.6 is 47.1 Å². The summed E-state index contributed by atoms with van der Waals surface area (Å²) in [4.78, 5) is 11.2. The fourth-order valence-electron chi connectivity index (χ4n) is 1.44. The molecule has 5 nitrogen and oxygen atoms in total. The third kappa shape index (κ3) is 7.87. The van der Waals surface area contributed by atoms with E-state index in [0.29, 0.717) is 6.54 Å². The van der Waals surface area contributed by atoms with Crippen LogP contribution in [0.1, 0.15) is 26.5 Å². The van der Waals surface area contributed by atoms with Crippen LogP contribution in [0.2, 0.25) is 0 Å². The van der Waals surface area contributed by atoms with Crippen molar-refractivity contribution in [1.82, 2.24) is 15.6 Å². The van der Waals surface area contributed by atoms with E-state index in [9.17, 15) is 0 Å². The summed E-state index contributed by atoms with van der Waals surface area (Å²) in [6.07, 6.45) is 2.13. The summed E-state index contributed by atoms with van der Waals surface area (Å²) in [5.74, 6) is 0.846. The van der Waals surface area contributed by atoms with Gasteiger partial charge in [-0.05, 0) is 27.0 Å². The lowest BCUT2D eigenvalue weighted by Crippen LogP contribution is -2.43. The molecule has 1 aromatic rings. The Morgan fingerprint density at radius 1 is 1.41 bits per heavy atom. The number of thioether (sulfide) groups is 1. The second-order valence-electron chi connectivity index (χ2n) is 5.53. The average Bonchev–Trinajstić information content (AvgIpc) is 2.91. The Bertz CT molecular complexity index is 460. The van der Waals surface area contributed by atoms with Crippen LogP contribution in [0.5, 0.6) is 0 Å². The zero-order valence-electron chi connectivity index (χ0n) is 14.3. The number of aliphatic imine (C=N–C) groups is 1. The first-order valence-corrected chi connectivity index (χ1v) is 9.17. The maximum absolute atomic E-state index is 4.60. The summed E-state index contributed by atoms with van der Waals surface area (Å²) in [6.45, 7) is 8.84. The number of thiazole rings is 1. The molecule has 8 heteroatoms. The van der Waals surface area contributed by atoms with Gasteiger partial charge in [-0.2, -0.15) is 11.8 Å². The van der Waals surface area contributed by atoms with Crippen molar-refractivity contribution in [2.24, 2.45) is 4.99 Å². The second kappa shape index (κ2) is 10.5. The highest BCUT2D eigenvalue weighted by atomic mass is 127. The summed E-state index contributed by atoms with van der Waals surface area (Å²) in [5, 5.41) is 9.75. The van der Waals surface area contributed by atoms with E-state index in [1.54, 1.807) is 11.3 Å². The van der Waals surface area contributed by atoms with Gasteiger partial charge in [-0.3, -0.25) is 0 Å². The number of rotatable bonds is 7. The van der Waals surface area contributed by atoms with Crippen molar-refractivity contribution < 1.29 is 0 Å². The van der Waals surface area contributed by atoms with Crippen LogP contribution in [-0.4, -0.2) is 49.1 Å². The first-order chi connectivity index (χ1) is 9.88. The van der Waals surface area contributed by atoms with Crippen LogP contribution in [0, 0.1) is 0 Å². The Hall–Kier alpha value is -0.220. The van der Waals surface area contributed by atoms with Crippen molar-refractivity contribution in [3.05, 3.63) is 11.1 Å². The monoisotopic (exact) mass is 457 g/mol. The van der Waals surface area contributed by atoms with Crippen LogP contribution in [0.25, 0.3) is 0 Å². The molecule has 0 spiro atoms. The minimum Gasteiger partial charge on any atom is -0.357 e. The van der Waals surface area contributed by atoms with Crippen molar-refractivity contribution in [1.29, 1.82) is 0 Å². The first-order valence-electron chi connectivity index (χ1n) is 7.07. The van der Waals surface area contributed by atoms with Gasteiger partial charge < -0.3 is 15.5 Å². The first kappa shape index (κ1) is 21.8. The Balaban J connectivity index is 0.00000441. The van der Waals surface area contributed by atoms with E-state index in [-0.39, 0.29) is 28.7 Å². The fraction of sp³-hybridized carbons (Fsp3) is 0.714. The molecule has 0 atom stereocenters. The molecule has 0 aliphatic heterocycles. The van der Waals surface area contributed by atoms with Crippen LogP contribution in [0.15, 0.2) is 10.4 Å². The molecular weight excluding hydrogens is 429 g/mol. The lowest BCUT2D eigenvalue weighted by atomic mass is 10.2. The van der Waals surface area contributed by atoms with Crippen LogP contribution in [-0.2, 0) is 6.54 Å². The quantitative estimate of drug-likeness (QED) is 0.375. The van der Waals surface area contributed by atoms with Gasteiger partial charge in [0.25, 0.3) is 0 Å². The molecule has 0 aromatic carbocycles. The normalized spacial score (nSPS) is 11.8. The Kier molecular flexibility index (Phi) is 10.4. The summed E-state index contributed by atoms with van der Waals surface area (Å²) in [7, 11) is 4.00. The summed E-state index contributed by atoms with van der Waals surface area (Å²) >= 11 is 3.49. The summed E-state index contributed by atoms with van der Waals surface area (Å²) in [6, 6.07) is 0. The predicted molar refractivity (Wildman–Crippen MR) is 112 cm³/mol. The van der Waals surface area contributed by atoms with Gasteiger partial charge in [0.05, 0.1) is 12.2 Å². The van der Waals surface area contributed by atoms with E-state index in [1.165, 1.54) is 0 Å². The number of nitrogens with one attached hydrogen (secondary N) is 2. The highest BCUT2D eigenvalue weighted by Crippen LogP contribution is 2.20.